The highest BCUT2D eigenvalue weighted by atomic mass is 127. The van der Waals surface area contributed by atoms with Crippen LogP contribution in [0.5, 0.6) is 0 Å². The van der Waals surface area contributed by atoms with E-state index in [1.165, 1.54) is 10.9 Å². The van der Waals surface area contributed by atoms with Gasteiger partial charge in [-0.2, -0.15) is 0 Å². The van der Waals surface area contributed by atoms with E-state index >= 15 is 0 Å². The van der Waals surface area contributed by atoms with E-state index in [4.69, 9.17) is 0 Å². The summed E-state index contributed by atoms with van der Waals surface area (Å²) in [6.07, 6.45) is 0.635. The van der Waals surface area contributed by atoms with E-state index < -0.39 is 0 Å². The van der Waals surface area contributed by atoms with E-state index in [1.807, 2.05) is 30.5 Å². The summed E-state index contributed by atoms with van der Waals surface area (Å²) in [5.74, 6) is 0.613. The van der Waals surface area contributed by atoms with Crippen LogP contribution in [0.25, 0.3) is 0 Å². The average Bonchev–Trinajstić information content (AvgIpc) is 3.00. The Morgan fingerprint density at radius 2 is 2.00 bits per heavy atom. The van der Waals surface area contributed by atoms with Crippen molar-refractivity contribution in [3.63, 3.8) is 0 Å². The van der Waals surface area contributed by atoms with Gasteiger partial charge in [0.2, 0.25) is 0 Å². The molecule has 0 saturated carbocycles. The Morgan fingerprint density at radius 3 is 2.68 bits per heavy atom. The van der Waals surface area contributed by atoms with Crippen LogP contribution in [0.1, 0.15) is 17.4 Å². The lowest BCUT2D eigenvalue weighted by atomic mass is 10.1. The molecule has 2 N–H and O–H groups in total. The molecule has 0 atom stereocenters. The van der Waals surface area contributed by atoms with Gasteiger partial charge < -0.3 is 10.6 Å². The molecule has 0 saturated heterocycles. The second kappa shape index (κ2) is 10.6. The van der Waals surface area contributed by atoms with Crippen molar-refractivity contribution in [3.8, 4) is 0 Å². The lowest BCUT2D eigenvalue weighted by Gasteiger charge is -2.11. The molecule has 0 amide bonds. The van der Waals surface area contributed by atoms with Crippen LogP contribution in [0, 0.1) is 5.82 Å². The zero-order valence-corrected chi connectivity index (χ0v) is 15.7. The fourth-order valence-electron chi connectivity index (χ4n) is 1.92. The Kier molecular flexibility index (Phi) is 9.07. The fraction of sp³-hybridized carbons (Fsp3) is 0.312. The first-order valence-corrected chi connectivity index (χ1v) is 7.95. The second-order valence-corrected chi connectivity index (χ2v) is 5.57. The van der Waals surface area contributed by atoms with Gasteiger partial charge in [-0.05, 0) is 36.4 Å². The number of nitrogens with one attached hydrogen (secondary N) is 2. The third-order valence-corrected chi connectivity index (χ3v) is 3.82. The number of rotatable bonds is 6. The Morgan fingerprint density at radius 1 is 1.18 bits per heavy atom. The molecule has 3 nitrogen and oxygen atoms in total. The van der Waals surface area contributed by atoms with Crippen LogP contribution >= 0.6 is 35.3 Å². The lowest BCUT2D eigenvalue weighted by Crippen LogP contribution is -2.38. The molecule has 120 valence electrons. The van der Waals surface area contributed by atoms with Gasteiger partial charge in [0.05, 0.1) is 6.54 Å². The molecule has 2 rings (SSSR count). The average molecular weight is 433 g/mol. The molecule has 22 heavy (non-hydrogen) atoms. The van der Waals surface area contributed by atoms with E-state index in [-0.39, 0.29) is 29.8 Å². The highest BCUT2D eigenvalue weighted by molar-refractivity contribution is 14.0. The first-order chi connectivity index (χ1) is 10.3. The molecule has 1 aromatic heterocycles. The van der Waals surface area contributed by atoms with Crippen molar-refractivity contribution in [1.82, 2.24) is 10.6 Å². The van der Waals surface area contributed by atoms with Crippen molar-refractivity contribution in [2.45, 2.75) is 19.9 Å². The number of benzene rings is 1. The molecule has 1 aromatic carbocycles. The second-order valence-electron chi connectivity index (χ2n) is 4.54. The topological polar surface area (TPSA) is 36.4 Å². The molecule has 0 unspecified atom stereocenters. The summed E-state index contributed by atoms with van der Waals surface area (Å²) in [6, 6.07) is 11.0. The van der Waals surface area contributed by atoms with Gasteiger partial charge in [0.1, 0.15) is 5.82 Å². The molecular formula is C16H21FIN3S. The lowest BCUT2D eigenvalue weighted by molar-refractivity contribution is 0.606. The summed E-state index contributed by atoms with van der Waals surface area (Å²) in [7, 11) is 0. The monoisotopic (exact) mass is 433 g/mol. The number of thiophene rings is 1. The summed E-state index contributed by atoms with van der Waals surface area (Å²) in [5.41, 5.74) is 0.721. The third-order valence-electron chi connectivity index (χ3n) is 2.96. The molecule has 0 fully saturated rings. The molecule has 0 aliphatic carbocycles. The van der Waals surface area contributed by atoms with Gasteiger partial charge in [0, 0.05) is 18.0 Å². The first-order valence-electron chi connectivity index (χ1n) is 7.07. The molecular weight excluding hydrogens is 412 g/mol. The maximum atomic E-state index is 13.5. The normalized spacial score (nSPS) is 10.9. The Bertz CT molecular complexity index is 573. The summed E-state index contributed by atoms with van der Waals surface area (Å²) in [4.78, 5) is 5.74. The van der Waals surface area contributed by atoms with E-state index in [0.717, 1.165) is 18.1 Å². The van der Waals surface area contributed by atoms with Crippen molar-refractivity contribution in [2.24, 2.45) is 4.99 Å². The minimum absolute atomic E-state index is 0. The molecule has 0 bridgehead atoms. The Balaban J connectivity index is 0.00000242. The van der Waals surface area contributed by atoms with Gasteiger partial charge in [-0.3, -0.25) is 0 Å². The predicted octanol–water partition coefficient (Wildman–Crippen LogP) is 3.80. The minimum Gasteiger partial charge on any atom is -0.357 e. The largest absolute Gasteiger partial charge is 0.357 e. The van der Waals surface area contributed by atoms with Gasteiger partial charge in [-0.25, -0.2) is 9.38 Å². The van der Waals surface area contributed by atoms with Crippen LogP contribution < -0.4 is 10.6 Å². The van der Waals surface area contributed by atoms with Gasteiger partial charge in [0.25, 0.3) is 0 Å². The molecule has 1 heterocycles. The number of halogens is 2. The number of hydrogen-bond donors (Lipinski definition) is 2. The summed E-state index contributed by atoms with van der Waals surface area (Å²) < 4.78 is 13.5. The van der Waals surface area contributed by atoms with Gasteiger partial charge in [-0.15, -0.1) is 35.3 Å². The van der Waals surface area contributed by atoms with E-state index in [1.54, 1.807) is 17.4 Å². The van der Waals surface area contributed by atoms with Crippen molar-refractivity contribution in [2.75, 3.05) is 13.1 Å². The Hall–Kier alpha value is -1.15. The van der Waals surface area contributed by atoms with Crippen LogP contribution in [0.15, 0.2) is 46.8 Å². The van der Waals surface area contributed by atoms with Gasteiger partial charge in [-0.1, -0.05) is 24.3 Å². The van der Waals surface area contributed by atoms with Crippen LogP contribution in [0.3, 0.4) is 0 Å². The van der Waals surface area contributed by atoms with E-state index in [9.17, 15) is 4.39 Å². The predicted molar refractivity (Wildman–Crippen MR) is 103 cm³/mol. The zero-order valence-electron chi connectivity index (χ0n) is 12.5. The third kappa shape index (κ3) is 6.31. The van der Waals surface area contributed by atoms with Crippen molar-refractivity contribution >= 4 is 41.3 Å². The number of guanidine groups is 1. The van der Waals surface area contributed by atoms with Gasteiger partial charge >= 0.3 is 0 Å². The molecule has 2 aromatic rings. The van der Waals surface area contributed by atoms with Crippen LogP contribution in [0.2, 0.25) is 0 Å². The highest BCUT2D eigenvalue weighted by Crippen LogP contribution is 2.09. The smallest absolute Gasteiger partial charge is 0.191 e. The Labute approximate surface area is 152 Å². The van der Waals surface area contributed by atoms with E-state index in [0.29, 0.717) is 19.5 Å². The fourth-order valence-corrected chi connectivity index (χ4v) is 2.55. The maximum absolute atomic E-state index is 13.5. The van der Waals surface area contributed by atoms with Crippen LogP contribution in [0.4, 0.5) is 4.39 Å². The van der Waals surface area contributed by atoms with Gasteiger partial charge in [0.15, 0.2) is 5.96 Å². The number of aliphatic imine (C=N–C) groups is 1. The maximum Gasteiger partial charge on any atom is 0.191 e. The summed E-state index contributed by atoms with van der Waals surface area (Å²) in [6.45, 7) is 4.14. The molecule has 0 aliphatic heterocycles. The highest BCUT2D eigenvalue weighted by Gasteiger charge is 2.02. The molecule has 0 aliphatic rings. The SMILES string of the molecule is CCNC(=NCc1cccs1)NCCc1ccccc1F.I. The number of hydrogen-bond acceptors (Lipinski definition) is 2. The molecule has 6 heteroatoms. The standard InChI is InChI=1S/C16H20FN3S.HI/c1-2-18-16(20-12-14-7-5-11-21-14)19-10-9-13-6-3-4-8-15(13)17;/h3-8,11H,2,9-10,12H2,1H3,(H2,18,19,20);1H. The summed E-state index contributed by atoms with van der Waals surface area (Å²) >= 11 is 1.69. The zero-order chi connectivity index (χ0) is 14.9. The van der Waals surface area contributed by atoms with Crippen molar-refractivity contribution < 1.29 is 4.39 Å². The minimum atomic E-state index is -0.153. The molecule has 0 radical (unpaired) electrons. The van der Waals surface area contributed by atoms with Crippen molar-refractivity contribution in [1.29, 1.82) is 0 Å². The first kappa shape index (κ1) is 18.9. The summed E-state index contributed by atoms with van der Waals surface area (Å²) in [5, 5.41) is 8.48. The van der Waals surface area contributed by atoms with E-state index in [2.05, 4.69) is 21.7 Å². The van der Waals surface area contributed by atoms with Crippen molar-refractivity contribution in [3.05, 3.63) is 58.0 Å². The molecule has 0 spiro atoms. The number of nitrogens with zero attached hydrogens (tertiary/aromatic N) is 1. The van der Waals surface area contributed by atoms with Crippen LogP contribution in [-0.4, -0.2) is 19.0 Å². The van der Waals surface area contributed by atoms with Crippen LogP contribution in [-0.2, 0) is 13.0 Å². The quantitative estimate of drug-likeness (QED) is 0.413.